The molecule has 0 spiro atoms. The topological polar surface area (TPSA) is 52.0 Å². The van der Waals surface area contributed by atoms with Crippen LogP contribution in [0.15, 0.2) is 30.3 Å². The molecule has 122 valence electrons. The summed E-state index contributed by atoms with van der Waals surface area (Å²) in [5.41, 5.74) is 1.33. The highest BCUT2D eigenvalue weighted by molar-refractivity contribution is 5.20. The first-order chi connectivity index (χ1) is 11.4. The highest BCUT2D eigenvalue weighted by Crippen LogP contribution is 2.29. The Morgan fingerprint density at radius 1 is 1.22 bits per heavy atom. The summed E-state index contributed by atoms with van der Waals surface area (Å²) >= 11 is 0. The van der Waals surface area contributed by atoms with Crippen LogP contribution >= 0.6 is 0 Å². The van der Waals surface area contributed by atoms with Gasteiger partial charge in [-0.1, -0.05) is 30.3 Å². The molecule has 1 aromatic heterocycles. The average molecular weight is 312 g/mol. The highest BCUT2D eigenvalue weighted by atomic mass is 16.5. The summed E-state index contributed by atoms with van der Waals surface area (Å²) in [5.74, 6) is 2.74. The molecule has 2 aliphatic heterocycles. The highest BCUT2D eigenvalue weighted by Gasteiger charge is 2.27. The fourth-order valence-corrected chi connectivity index (χ4v) is 3.73. The summed E-state index contributed by atoms with van der Waals surface area (Å²) in [6, 6.07) is 11.0. The first-order valence-corrected chi connectivity index (χ1v) is 8.69. The largest absolute Gasteiger partial charge is 0.381 e. The van der Waals surface area contributed by atoms with Crippen molar-refractivity contribution in [1.82, 2.24) is 20.1 Å². The summed E-state index contributed by atoms with van der Waals surface area (Å²) < 4.78 is 7.91. The van der Waals surface area contributed by atoms with Crippen molar-refractivity contribution in [2.45, 2.75) is 44.8 Å². The zero-order valence-corrected chi connectivity index (χ0v) is 13.4. The lowest BCUT2D eigenvalue weighted by Gasteiger charge is -2.24. The molecule has 1 aromatic carbocycles. The van der Waals surface area contributed by atoms with Gasteiger partial charge in [0.15, 0.2) is 0 Å². The van der Waals surface area contributed by atoms with Crippen LogP contribution in [0.5, 0.6) is 0 Å². The van der Waals surface area contributed by atoms with E-state index in [4.69, 9.17) is 4.74 Å². The Morgan fingerprint density at radius 3 is 2.96 bits per heavy atom. The molecule has 2 aliphatic rings. The SMILES string of the molecule is c1ccc(C(NCc2nnc3n2CCCC3)C2CCOC2)cc1. The molecule has 0 aliphatic carbocycles. The van der Waals surface area contributed by atoms with Gasteiger partial charge in [0.05, 0.1) is 13.2 Å². The van der Waals surface area contributed by atoms with E-state index in [-0.39, 0.29) is 0 Å². The van der Waals surface area contributed by atoms with E-state index in [0.29, 0.717) is 12.0 Å². The molecule has 0 amide bonds. The number of ether oxygens (including phenoxy) is 1. The molecule has 0 radical (unpaired) electrons. The quantitative estimate of drug-likeness (QED) is 0.921. The molecule has 3 heterocycles. The van der Waals surface area contributed by atoms with Crippen LogP contribution in [-0.4, -0.2) is 28.0 Å². The maximum atomic E-state index is 5.61. The lowest BCUT2D eigenvalue weighted by molar-refractivity contribution is 0.176. The van der Waals surface area contributed by atoms with Crippen LogP contribution in [0.4, 0.5) is 0 Å². The van der Waals surface area contributed by atoms with Gasteiger partial charge in [-0.2, -0.15) is 0 Å². The van der Waals surface area contributed by atoms with Crippen LogP contribution < -0.4 is 5.32 Å². The monoisotopic (exact) mass is 312 g/mol. The Morgan fingerprint density at radius 2 is 2.13 bits per heavy atom. The van der Waals surface area contributed by atoms with Crippen LogP contribution in [-0.2, 0) is 24.2 Å². The number of benzene rings is 1. The molecular weight excluding hydrogens is 288 g/mol. The van der Waals surface area contributed by atoms with Crippen molar-refractivity contribution in [3.8, 4) is 0 Å². The van der Waals surface area contributed by atoms with Gasteiger partial charge in [-0.25, -0.2) is 0 Å². The molecule has 0 bridgehead atoms. The standard InChI is InChI=1S/C18H24N4O/c1-2-6-14(7-3-1)18(15-9-11-23-13-15)19-12-17-21-20-16-8-4-5-10-22(16)17/h1-3,6-7,15,18-19H,4-5,8-13H2. The van der Waals surface area contributed by atoms with Crippen molar-refractivity contribution < 1.29 is 4.74 Å². The molecule has 0 saturated carbocycles. The predicted molar refractivity (Wildman–Crippen MR) is 87.9 cm³/mol. The normalized spacial score (nSPS) is 22.0. The van der Waals surface area contributed by atoms with Crippen molar-refractivity contribution in [3.63, 3.8) is 0 Å². The number of rotatable bonds is 5. The van der Waals surface area contributed by atoms with Gasteiger partial charge in [0.25, 0.3) is 0 Å². The van der Waals surface area contributed by atoms with Crippen molar-refractivity contribution in [3.05, 3.63) is 47.5 Å². The maximum absolute atomic E-state index is 5.61. The zero-order valence-electron chi connectivity index (χ0n) is 13.4. The molecule has 1 saturated heterocycles. The summed E-state index contributed by atoms with van der Waals surface area (Å²) in [7, 11) is 0. The van der Waals surface area contributed by atoms with Gasteiger partial charge in [0.2, 0.25) is 0 Å². The smallest absolute Gasteiger partial charge is 0.147 e. The molecular formula is C18H24N4O. The minimum absolute atomic E-state index is 0.315. The summed E-state index contributed by atoms with van der Waals surface area (Å²) in [6.45, 7) is 3.53. The third-order valence-corrected chi connectivity index (χ3v) is 5.01. The average Bonchev–Trinajstić information content (AvgIpc) is 3.26. The van der Waals surface area contributed by atoms with Crippen LogP contribution in [0.2, 0.25) is 0 Å². The maximum Gasteiger partial charge on any atom is 0.147 e. The van der Waals surface area contributed by atoms with E-state index >= 15 is 0 Å². The van der Waals surface area contributed by atoms with Gasteiger partial charge < -0.3 is 14.6 Å². The van der Waals surface area contributed by atoms with Gasteiger partial charge in [0.1, 0.15) is 11.6 Å². The molecule has 5 nitrogen and oxygen atoms in total. The van der Waals surface area contributed by atoms with Gasteiger partial charge in [-0.15, -0.1) is 10.2 Å². The minimum atomic E-state index is 0.315. The molecule has 2 unspecified atom stereocenters. The van der Waals surface area contributed by atoms with Crippen molar-refractivity contribution in [2.24, 2.45) is 5.92 Å². The van der Waals surface area contributed by atoms with Crippen molar-refractivity contribution >= 4 is 0 Å². The fourth-order valence-electron chi connectivity index (χ4n) is 3.73. The van der Waals surface area contributed by atoms with E-state index in [1.165, 1.54) is 18.4 Å². The molecule has 5 heteroatoms. The molecule has 1 fully saturated rings. The number of nitrogens with one attached hydrogen (secondary N) is 1. The first-order valence-electron chi connectivity index (χ1n) is 8.69. The van der Waals surface area contributed by atoms with E-state index in [1.807, 2.05) is 0 Å². The summed E-state index contributed by atoms with van der Waals surface area (Å²) in [4.78, 5) is 0. The van der Waals surface area contributed by atoms with Gasteiger partial charge >= 0.3 is 0 Å². The number of nitrogens with zero attached hydrogens (tertiary/aromatic N) is 3. The summed E-state index contributed by atoms with van der Waals surface area (Å²) in [6.07, 6.45) is 4.64. The van der Waals surface area contributed by atoms with E-state index < -0.39 is 0 Å². The molecule has 2 atom stereocenters. The number of hydrogen-bond acceptors (Lipinski definition) is 4. The lowest BCUT2D eigenvalue weighted by atomic mass is 9.92. The Balaban J connectivity index is 1.50. The molecule has 2 aromatic rings. The van der Waals surface area contributed by atoms with Gasteiger partial charge in [-0.05, 0) is 24.8 Å². The van der Waals surface area contributed by atoms with Gasteiger partial charge in [-0.3, -0.25) is 0 Å². The van der Waals surface area contributed by atoms with Crippen LogP contribution in [0.1, 0.15) is 42.5 Å². The minimum Gasteiger partial charge on any atom is -0.381 e. The second-order valence-corrected chi connectivity index (χ2v) is 6.53. The molecule has 4 rings (SSSR count). The van der Waals surface area contributed by atoms with Crippen LogP contribution in [0.25, 0.3) is 0 Å². The van der Waals surface area contributed by atoms with Crippen LogP contribution in [0, 0.1) is 5.92 Å². The van der Waals surface area contributed by atoms with E-state index in [9.17, 15) is 0 Å². The molecule has 23 heavy (non-hydrogen) atoms. The number of fused-ring (bicyclic) bond motifs is 1. The number of aromatic nitrogens is 3. The van der Waals surface area contributed by atoms with E-state index in [1.54, 1.807) is 0 Å². The van der Waals surface area contributed by atoms with Crippen LogP contribution in [0.3, 0.4) is 0 Å². The Bertz CT molecular complexity index is 634. The second-order valence-electron chi connectivity index (χ2n) is 6.53. The van der Waals surface area contributed by atoms with Gasteiger partial charge in [0, 0.05) is 31.5 Å². The van der Waals surface area contributed by atoms with Crippen molar-refractivity contribution in [2.75, 3.05) is 13.2 Å². The number of hydrogen-bond donors (Lipinski definition) is 1. The lowest BCUT2D eigenvalue weighted by Crippen LogP contribution is -2.30. The third-order valence-electron chi connectivity index (χ3n) is 5.01. The fraction of sp³-hybridized carbons (Fsp3) is 0.556. The Hall–Kier alpha value is -1.72. The van der Waals surface area contributed by atoms with Crippen molar-refractivity contribution in [1.29, 1.82) is 0 Å². The second kappa shape index (κ2) is 6.81. The summed E-state index contributed by atoms with van der Waals surface area (Å²) in [5, 5.41) is 12.5. The molecule has 1 N–H and O–H groups in total. The van der Waals surface area contributed by atoms with E-state index in [2.05, 4.69) is 50.4 Å². The third kappa shape index (κ3) is 3.16. The number of aryl methyl sites for hydroxylation is 1. The van der Waals surface area contributed by atoms with E-state index in [0.717, 1.165) is 50.8 Å². The predicted octanol–water partition coefficient (Wildman–Crippen LogP) is 2.48. The first kappa shape index (κ1) is 14.8. The Kier molecular flexibility index (Phi) is 4.39. The zero-order chi connectivity index (χ0) is 15.5. The Labute approximate surface area is 137 Å².